The van der Waals surface area contributed by atoms with Crippen LogP contribution >= 0.6 is 0 Å². The van der Waals surface area contributed by atoms with Crippen molar-refractivity contribution in [2.24, 2.45) is 0 Å². The summed E-state index contributed by atoms with van der Waals surface area (Å²) in [5, 5.41) is 21.6. The van der Waals surface area contributed by atoms with Gasteiger partial charge in [0.2, 0.25) is 0 Å². The van der Waals surface area contributed by atoms with E-state index in [1.165, 1.54) is 6.26 Å². The standard InChI is InChI=1S/C7H14N2O5S/c1-15(14)3-2-8-7(13)9-4-5(10)6(11)12/h5,10H,2-4H2,1H3,(H,11,12)(H2,8,9,13)/t5-,15?/m0/s1. The first-order chi connectivity index (χ1) is 6.93. The molecule has 0 saturated heterocycles. The van der Waals surface area contributed by atoms with E-state index in [1.807, 2.05) is 0 Å². The zero-order chi connectivity index (χ0) is 11.8. The number of aliphatic carboxylic acids is 1. The molecule has 0 aromatic carbocycles. The topological polar surface area (TPSA) is 116 Å². The number of amides is 2. The van der Waals surface area contributed by atoms with E-state index in [4.69, 9.17) is 10.2 Å². The summed E-state index contributed by atoms with van der Waals surface area (Å²) in [5.74, 6) is -1.07. The molecule has 0 fully saturated rings. The summed E-state index contributed by atoms with van der Waals surface area (Å²) < 4.78 is 10.6. The SMILES string of the molecule is CS(=O)CCNC(=O)NC[C@H](O)C(=O)O. The van der Waals surface area contributed by atoms with E-state index in [9.17, 15) is 13.8 Å². The second kappa shape index (κ2) is 7.18. The van der Waals surface area contributed by atoms with Crippen LogP contribution in [0.15, 0.2) is 0 Å². The zero-order valence-electron chi connectivity index (χ0n) is 8.23. The van der Waals surface area contributed by atoms with Crippen LogP contribution < -0.4 is 10.6 Å². The van der Waals surface area contributed by atoms with Crippen LogP contribution in [0.25, 0.3) is 0 Å². The Morgan fingerprint density at radius 2 is 2.00 bits per heavy atom. The molecule has 0 heterocycles. The van der Waals surface area contributed by atoms with E-state index < -0.39 is 28.9 Å². The molecule has 8 heteroatoms. The van der Waals surface area contributed by atoms with Gasteiger partial charge in [0.15, 0.2) is 6.10 Å². The fourth-order valence-electron chi connectivity index (χ4n) is 0.647. The van der Waals surface area contributed by atoms with Crippen molar-refractivity contribution in [3.8, 4) is 0 Å². The number of carbonyl (C=O) groups excluding carboxylic acids is 1. The highest BCUT2D eigenvalue weighted by Crippen LogP contribution is 1.79. The molecule has 2 amide bonds. The van der Waals surface area contributed by atoms with Crippen molar-refractivity contribution in [1.29, 1.82) is 0 Å². The Balaban J connectivity index is 3.57. The van der Waals surface area contributed by atoms with Gasteiger partial charge in [-0.05, 0) is 0 Å². The number of hydrogen-bond acceptors (Lipinski definition) is 4. The van der Waals surface area contributed by atoms with Crippen molar-refractivity contribution in [3.05, 3.63) is 0 Å². The summed E-state index contributed by atoms with van der Waals surface area (Å²) in [6.07, 6.45) is -0.107. The highest BCUT2D eigenvalue weighted by atomic mass is 32.2. The lowest BCUT2D eigenvalue weighted by atomic mass is 10.4. The van der Waals surface area contributed by atoms with Crippen LogP contribution in [0, 0.1) is 0 Å². The minimum absolute atomic E-state index is 0.234. The number of nitrogens with one attached hydrogen (secondary N) is 2. The molecule has 0 spiro atoms. The third-order valence-corrected chi connectivity index (χ3v) is 2.20. The van der Waals surface area contributed by atoms with Crippen LogP contribution in [0.1, 0.15) is 0 Å². The number of aliphatic hydroxyl groups excluding tert-OH is 1. The van der Waals surface area contributed by atoms with E-state index >= 15 is 0 Å². The number of hydrogen-bond donors (Lipinski definition) is 4. The molecule has 7 nitrogen and oxygen atoms in total. The summed E-state index contributed by atoms with van der Waals surface area (Å²) in [4.78, 5) is 21.1. The monoisotopic (exact) mass is 238 g/mol. The van der Waals surface area contributed by atoms with Crippen LogP contribution in [-0.2, 0) is 15.6 Å². The maximum absolute atomic E-state index is 10.9. The van der Waals surface area contributed by atoms with E-state index in [0.717, 1.165) is 0 Å². The largest absolute Gasteiger partial charge is 0.479 e. The van der Waals surface area contributed by atoms with E-state index in [1.54, 1.807) is 0 Å². The molecule has 1 unspecified atom stereocenters. The predicted molar refractivity (Wildman–Crippen MR) is 54.0 cm³/mol. The van der Waals surface area contributed by atoms with E-state index in [0.29, 0.717) is 5.75 Å². The van der Waals surface area contributed by atoms with Crippen LogP contribution in [0.2, 0.25) is 0 Å². The molecule has 0 rings (SSSR count). The van der Waals surface area contributed by atoms with Crippen molar-refractivity contribution in [3.63, 3.8) is 0 Å². The number of urea groups is 1. The molecular weight excluding hydrogens is 224 g/mol. The van der Waals surface area contributed by atoms with Gasteiger partial charge in [0.1, 0.15) is 0 Å². The molecule has 0 aliphatic heterocycles. The minimum atomic E-state index is -1.61. The molecule has 0 aromatic heterocycles. The second-order valence-corrected chi connectivity index (χ2v) is 4.32. The Morgan fingerprint density at radius 3 is 2.47 bits per heavy atom. The molecule has 0 radical (unpaired) electrons. The lowest BCUT2D eigenvalue weighted by Gasteiger charge is -2.08. The average molecular weight is 238 g/mol. The van der Waals surface area contributed by atoms with Gasteiger partial charge in [-0.2, -0.15) is 0 Å². The molecule has 0 saturated carbocycles. The number of carboxylic acids is 1. The molecule has 88 valence electrons. The lowest BCUT2D eigenvalue weighted by Crippen LogP contribution is -2.43. The lowest BCUT2D eigenvalue weighted by molar-refractivity contribution is -0.146. The summed E-state index contributed by atoms with van der Waals surface area (Å²) in [7, 11) is -0.988. The Bertz CT molecular complexity index is 258. The van der Waals surface area contributed by atoms with Crippen LogP contribution in [0.5, 0.6) is 0 Å². The second-order valence-electron chi connectivity index (χ2n) is 2.77. The van der Waals surface area contributed by atoms with Gasteiger partial charge >= 0.3 is 12.0 Å². The molecule has 4 N–H and O–H groups in total. The number of carboxylic acid groups (broad SMARTS) is 1. The maximum Gasteiger partial charge on any atom is 0.334 e. The Hall–Kier alpha value is -1.15. The molecule has 15 heavy (non-hydrogen) atoms. The molecule has 0 aliphatic rings. The molecular formula is C7H14N2O5S. The van der Waals surface area contributed by atoms with Crippen LogP contribution in [0.3, 0.4) is 0 Å². The molecule has 0 aromatic rings. The van der Waals surface area contributed by atoms with Gasteiger partial charge in [0.25, 0.3) is 0 Å². The van der Waals surface area contributed by atoms with Gasteiger partial charge in [-0.15, -0.1) is 0 Å². The number of aliphatic hydroxyl groups is 1. The summed E-state index contributed by atoms with van der Waals surface area (Å²) in [6, 6.07) is -0.597. The van der Waals surface area contributed by atoms with Crippen LogP contribution in [-0.4, -0.2) is 57.6 Å². The van der Waals surface area contributed by atoms with Gasteiger partial charge in [0.05, 0.1) is 6.54 Å². The van der Waals surface area contributed by atoms with Gasteiger partial charge in [-0.25, -0.2) is 9.59 Å². The van der Waals surface area contributed by atoms with Gasteiger partial charge in [0, 0.05) is 29.4 Å². The van der Waals surface area contributed by atoms with Crippen molar-refractivity contribution in [1.82, 2.24) is 10.6 Å². The first-order valence-corrected chi connectivity index (χ1v) is 5.88. The fourth-order valence-corrected chi connectivity index (χ4v) is 1.04. The van der Waals surface area contributed by atoms with E-state index in [-0.39, 0.29) is 13.1 Å². The maximum atomic E-state index is 10.9. The Morgan fingerprint density at radius 1 is 1.40 bits per heavy atom. The van der Waals surface area contributed by atoms with Crippen molar-refractivity contribution < 1.29 is 24.0 Å². The van der Waals surface area contributed by atoms with Crippen LogP contribution in [0.4, 0.5) is 4.79 Å². The first-order valence-electron chi connectivity index (χ1n) is 4.16. The van der Waals surface area contributed by atoms with Crippen molar-refractivity contribution in [2.45, 2.75) is 6.10 Å². The Labute approximate surface area is 89.3 Å². The predicted octanol–water partition coefficient (Wildman–Crippen LogP) is -1.89. The normalized spacial score (nSPS) is 14.0. The van der Waals surface area contributed by atoms with Gasteiger partial charge in [-0.1, -0.05) is 0 Å². The van der Waals surface area contributed by atoms with Crippen molar-refractivity contribution >= 4 is 22.8 Å². The quantitative estimate of drug-likeness (QED) is 0.432. The van der Waals surface area contributed by atoms with Crippen molar-refractivity contribution in [2.75, 3.05) is 25.1 Å². The third kappa shape index (κ3) is 7.89. The fraction of sp³-hybridized carbons (Fsp3) is 0.714. The average Bonchev–Trinajstić information content (AvgIpc) is 2.13. The smallest absolute Gasteiger partial charge is 0.334 e. The molecule has 2 atom stereocenters. The minimum Gasteiger partial charge on any atom is -0.479 e. The zero-order valence-corrected chi connectivity index (χ0v) is 9.04. The molecule has 0 bridgehead atoms. The first kappa shape index (κ1) is 13.8. The van der Waals surface area contributed by atoms with Gasteiger partial charge < -0.3 is 20.8 Å². The van der Waals surface area contributed by atoms with Gasteiger partial charge in [-0.3, -0.25) is 4.21 Å². The Kier molecular flexibility index (Phi) is 6.63. The summed E-state index contributed by atoms with van der Waals surface area (Å²) >= 11 is 0. The highest BCUT2D eigenvalue weighted by molar-refractivity contribution is 7.84. The third-order valence-electron chi connectivity index (χ3n) is 1.42. The summed E-state index contributed by atoms with van der Waals surface area (Å²) in [6.45, 7) is -0.130. The number of carbonyl (C=O) groups is 2. The highest BCUT2D eigenvalue weighted by Gasteiger charge is 2.13. The number of rotatable bonds is 6. The molecule has 0 aliphatic carbocycles. The van der Waals surface area contributed by atoms with E-state index in [2.05, 4.69) is 10.6 Å². The summed E-state index contributed by atoms with van der Waals surface area (Å²) in [5.41, 5.74) is 0.